The lowest BCUT2D eigenvalue weighted by molar-refractivity contribution is 0.0497. The Balaban J connectivity index is 2.00. The van der Waals surface area contributed by atoms with E-state index in [4.69, 9.17) is 9.47 Å². The summed E-state index contributed by atoms with van der Waals surface area (Å²) in [7, 11) is 1.61. The molecule has 124 valence electrons. The second-order valence-corrected chi connectivity index (χ2v) is 5.69. The summed E-state index contributed by atoms with van der Waals surface area (Å²) < 4.78 is 10.3. The Morgan fingerprint density at radius 3 is 1.95 bits per heavy atom. The average Bonchev–Trinajstić information content (AvgIpc) is 2.56. The highest BCUT2D eigenvalue weighted by Crippen LogP contribution is 2.13. The second kappa shape index (κ2) is 12.1. The minimum absolute atomic E-state index is 0.248. The zero-order valence-corrected chi connectivity index (χ0v) is 14.1. The van der Waals surface area contributed by atoms with Crippen LogP contribution in [0, 0.1) is 0 Å². The number of hydrogen-bond acceptors (Lipinski definition) is 3. The van der Waals surface area contributed by atoms with E-state index in [1.54, 1.807) is 31.4 Å². The molecular formula is C19H30O3. The van der Waals surface area contributed by atoms with Crippen LogP contribution >= 0.6 is 0 Å². The summed E-state index contributed by atoms with van der Waals surface area (Å²) in [6, 6.07) is 7.01. The van der Waals surface area contributed by atoms with Gasteiger partial charge in [0.25, 0.3) is 0 Å². The van der Waals surface area contributed by atoms with E-state index in [-0.39, 0.29) is 5.97 Å². The van der Waals surface area contributed by atoms with Crippen molar-refractivity contribution in [1.82, 2.24) is 0 Å². The third-order valence-electron chi connectivity index (χ3n) is 3.81. The van der Waals surface area contributed by atoms with E-state index in [9.17, 15) is 4.79 Å². The summed E-state index contributed by atoms with van der Waals surface area (Å²) in [5.41, 5.74) is 0.580. The van der Waals surface area contributed by atoms with E-state index < -0.39 is 0 Å². The number of unbranched alkanes of at least 4 members (excludes halogenated alkanes) is 8. The number of carbonyl (C=O) groups is 1. The topological polar surface area (TPSA) is 35.5 Å². The van der Waals surface area contributed by atoms with Crippen LogP contribution in [0.3, 0.4) is 0 Å². The van der Waals surface area contributed by atoms with Gasteiger partial charge in [-0.1, -0.05) is 58.3 Å². The molecule has 0 radical (unpaired) electrons. The van der Waals surface area contributed by atoms with Crippen molar-refractivity contribution < 1.29 is 14.3 Å². The molecule has 0 fully saturated rings. The van der Waals surface area contributed by atoms with Gasteiger partial charge in [-0.25, -0.2) is 4.79 Å². The highest BCUT2D eigenvalue weighted by molar-refractivity contribution is 5.89. The first-order valence-electron chi connectivity index (χ1n) is 8.59. The summed E-state index contributed by atoms with van der Waals surface area (Å²) in [5.74, 6) is 0.498. The number of esters is 1. The van der Waals surface area contributed by atoms with Crippen molar-refractivity contribution in [3.05, 3.63) is 29.8 Å². The molecule has 0 aliphatic rings. The van der Waals surface area contributed by atoms with Gasteiger partial charge in [0.1, 0.15) is 5.75 Å². The van der Waals surface area contributed by atoms with E-state index >= 15 is 0 Å². The summed E-state index contributed by atoms with van der Waals surface area (Å²) in [6.07, 6.45) is 11.4. The maximum Gasteiger partial charge on any atom is 0.338 e. The van der Waals surface area contributed by atoms with Crippen LogP contribution < -0.4 is 4.74 Å². The Hall–Kier alpha value is -1.51. The maximum atomic E-state index is 11.8. The fourth-order valence-electron chi connectivity index (χ4n) is 2.39. The molecular weight excluding hydrogens is 276 g/mol. The van der Waals surface area contributed by atoms with E-state index in [2.05, 4.69) is 6.92 Å². The lowest BCUT2D eigenvalue weighted by Crippen LogP contribution is -2.06. The van der Waals surface area contributed by atoms with Crippen LogP contribution in [-0.2, 0) is 4.74 Å². The molecule has 0 bridgehead atoms. The van der Waals surface area contributed by atoms with Crippen molar-refractivity contribution in [2.45, 2.75) is 64.7 Å². The van der Waals surface area contributed by atoms with Gasteiger partial charge in [-0.15, -0.1) is 0 Å². The number of methoxy groups -OCH3 is 1. The zero-order chi connectivity index (χ0) is 16.0. The van der Waals surface area contributed by atoms with Crippen LogP contribution in [0.1, 0.15) is 75.1 Å². The minimum atomic E-state index is -0.248. The lowest BCUT2D eigenvalue weighted by Gasteiger charge is -2.06. The van der Waals surface area contributed by atoms with Crippen molar-refractivity contribution in [2.24, 2.45) is 0 Å². The van der Waals surface area contributed by atoms with Gasteiger partial charge in [-0.05, 0) is 30.7 Å². The summed E-state index contributed by atoms with van der Waals surface area (Å²) in [4.78, 5) is 11.8. The monoisotopic (exact) mass is 306 g/mol. The van der Waals surface area contributed by atoms with Crippen LogP contribution in [0.2, 0.25) is 0 Å². The molecule has 3 nitrogen and oxygen atoms in total. The highest BCUT2D eigenvalue weighted by atomic mass is 16.5. The standard InChI is InChI=1S/C19H30O3/c1-3-4-5-6-7-8-9-10-11-16-22-19(20)17-12-14-18(21-2)15-13-17/h12-15H,3-11,16H2,1-2H3. The molecule has 1 aromatic rings. The summed E-state index contributed by atoms with van der Waals surface area (Å²) in [6.45, 7) is 2.76. The van der Waals surface area contributed by atoms with Gasteiger partial charge < -0.3 is 9.47 Å². The predicted molar refractivity (Wildman–Crippen MR) is 90.5 cm³/mol. The first-order valence-corrected chi connectivity index (χ1v) is 8.59. The van der Waals surface area contributed by atoms with Gasteiger partial charge in [0.15, 0.2) is 0 Å². The van der Waals surface area contributed by atoms with E-state index in [1.165, 1.54) is 44.9 Å². The van der Waals surface area contributed by atoms with E-state index in [0.717, 1.165) is 18.6 Å². The Kier molecular flexibility index (Phi) is 10.2. The molecule has 22 heavy (non-hydrogen) atoms. The molecule has 1 aromatic carbocycles. The number of benzene rings is 1. The van der Waals surface area contributed by atoms with Crippen molar-refractivity contribution >= 4 is 5.97 Å². The first kappa shape index (κ1) is 18.5. The van der Waals surface area contributed by atoms with Crippen LogP contribution in [-0.4, -0.2) is 19.7 Å². The minimum Gasteiger partial charge on any atom is -0.497 e. The van der Waals surface area contributed by atoms with Crippen LogP contribution in [0.15, 0.2) is 24.3 Å². The molecule has 0 aliphatic heterocycles. The first-order chi connectivity index (χ1) is 10.8. The Morgan fingerprint density at radius 2 is 1.41 bits per heavy atom. The Labute approximate surface area is 135 Å². The van der Waals surface area contributed by atoms with Crippen molar-refractivity contribution in [1.29, 1.82) is 0 Å². The van der Waals surface area contributed by atoms with Crippen molar-refractivity contribution in [3.63, 3.8) is 0 Å². The third-order valence-corrected chi connectivity index (χ3v) is 3.81. The average molecular weight is 306 g/mol. The lowest BCUT2D eigenvalue weighted by atomic mass is 10.1. The SMILES string of the molecule is CCCCCCCCCCCOC(=O)c1ccc(OC)cc1. The molecule has 0 heterocycles. The highest BCUT2D eigenvalue weighted by Gasteiger charge is 2.06. The van der Waals surface area contributed by atoms with Gasteiger partial charge in [0.05, 0.1) is 19.3 Å². The van der Waals surface area contributed by atoms with Gasteiger partial charge in [-0.3, -0.25) is 0 Å². The number of hydrogen-bond donors (Lipinski definition) is 0. The molecule has 0 saturated carbocycles. The smallest absolute Gasteiger partial charge is 0.338 e. The Bertz CT molecular complexity index is 398. The molecule has 0 amide bonds. The summed E-state index contributed by atoms with van der Waals surface area (Å²) >= 11 is 0. The molecule has 3 heteroatoms. The van der Waals surface area contributed by atoms with Gasteiger partial charge >= 0.3 is 5.97 Å². The molecule has 0 atom stereocenters. The molecule has 0 aliphatic carbocycles. The number of carbonyl (C=O) groups excluding carboxylic acids is 1. The molecule has 0 spiro atoms. The zero-order valence-electron chi connectivity index (χ0n) is 14.1. The fraction of sp³-hybridized carbons (Fsp3) is 0.632. The quantitative estimate of drug-likeness (QED) is 0.384. The molecule has 1 rings (SSSR count). The van der Waals surface area contributed by atoms with Crippen molar-refractivity contribution in [2.75, 3.05) is 13.7 Å². The molecule has 0 saturated heterocycles. The number of rotatable bonds is 12. The van der Waals surface area contributed by atoms with Crippen LogP contribution in [0.4, 0.5) is 0 Å². The van der Waals surface area contributed by atoms with Gasteiger partial charge in [0.2, 0.25) is 0 Å². The summed E-state index contributed by atoms with van der Waals surface area (Å²) in [5, 5.41) is 0. The van der Waals surface area contributed by atoms with Crippen LogP contribution in [0.25, 0.3) is 0 Å². The second-order valence-electron chi connectivity index (χ2n) is 5.69. The molecule has 0 aromatic heterocycles. The molecule has 0 N–H and O–H groups in total. The van der Waals surface area contributed by atoms with Gasteiger partial charge in [-0.2, -0.15) is 0 Å². The fourth-order valence-corrected chi connectivity index (χ4v) is 2.39. The largest absolute Gasteiger partial charge is 0.497 e. The normalized spacial score (nSPS) is 10.5. The maximum absolute atomic E-state index is 11.8. The predicted octanol–water partition coefficient (Wildman–Crippen LogP) is 5.38. The van der Waals surface area contributed by atoms with Crippen LogP contribution in [0.5, 0.6) is 5.75 Å². The molecule has 0 unspecified atom stereocenters. The van der Waals surface area contributed by atoms with Crippen molar-refractivity contribution in [3.8, 4) is 5.75 Å². The van der Waals surface area contributed by atoms with Gasteiger partial charge in [0, 0.05) is 0 Å². The number of ether oxygens (including phenoxy) is 2. The Morgan fingerprint density at radius 1 is 0.864 bits per heavy atom. The van der Waals surface area contributed by atoms with E-state index in [1.807, 2.05) is 0 Å². The third kappa shape index (κ3) is 8.06. The van der Waals surface area contributed by atoms with E-state index in [0.29, 0.717) is 12.2 Å².